The molecule has 0 unspecified atom stereocenters. The number of carbonyl (C=O) groups is 2. The molecule has 1 atom stereocenters. The van der Waals surface area contributed by atoms with Gasteiger partial charge in [0.05, 0.1) is 30.8 Å². The van der Waals surface area contributed by atoms with Crippen LogP contribution in [0, 0.1) is 12.7 Å². The molecular formula is C27H29FN4O4. The van der Waals surface area contributed by atoms with Gasteiger partial charge in [-0.2, -0.15) is 0 Å². The van der Waals surface area contributed by atoms with Crippen molar-refractivity contribution in [2.45, 2.75) is 25.5 Å². The van der Waals surface area contributed by atoms with Crippen molar-refractivity contribution in [3.8, 4) is 5.75 Å². The second-order valence-corrected chi connectivity index (χ2v) is 8.93. The Morgan fingerprint density at radius 2 is 1.92 bits per heavy atom. The van der Waals surface area contributed by atoms with E-state index in [0.29, 0.717) is 30.1 Å². The molecule has 4 rings (SSSR count). The Balaban J connectivity index is 1.53. The highest BCUT2D eigenvalue weighted by molar-refractivity contribution is 5.95. The maximum atomic E-state index is 13.3. The van der Waals surface area contributed by atoms with Gasteiger partial charge in [0.2, 0.25) is 5.91 Å². The van der Waals surface area contributed by atoms with E-state index in [9.17, 15) is 14.0 Å². The van der Waals surface area contributed by atoms with Gasteiger partial charge in [0.15, 0.2) is 0 Å². The Kier molecular flexibility index (Phi) is 7.90. The van der Waals surface area contributed by atoms with Crippen molar-refractivity contribution in [3.63, 3.8) is 0 Å². The summed E-state index contributed by atoms with van der Waals surface area (Å²) in [7, 11) is 1.74. The van der Waals surface area contributed by atoms with Gasteiger partial charge in [-0.25, -0.2) is 14.4 Å². The molecule has 8 nitrogen and oxygen atoms in total. The summed E-state index contributed by atoms with van der Waals surface area (Å²) in [6.07, 6.45) is 2.90. The van der Waals surface area contributed by atoms with Gasteiger partial charge in [-0.1, -0.05) is 30.3 Å². The molecule has 0 aliphatic carbocycles. The van der Waals surface area contributed by atoms with Gasteiger partial charge in [0.1, 0.15) is 30.1 Å². The van der Waals surface area contributed by atoms with Gasteiger partial charge in [-0.15, -0.1) is 0 Å². The Morgan fingerprint density at radius 3 is 2.64 bits per heavy atom. The van der Waals surface area contributed by atoms with Gasteiger partial charge in [0.25, 0.3) is 5.91 Å². The van der Waals surface area contributed by atoms with Crippen LogP contribution >= 0.6 is 0 Å². The smallest absolute Gasteiger partial charge is 0.257 e. The molecule has 1 aromatic heterocycles. The molecule has 0 radical (unpaired) electrons. The highest BCUT2D eigenvalue weighted by Crippen LogP contribution is 2.27. The Morgan fingerprint density at radius 1 is 1.17 bits per heavy atom. The lowest BCUT2D eigenvalue weighted by Crippen LogP contribution is -2.58. The van der Waals surface area contributed by atoms with Gasteiger partial charge < -0.3 is 19.3 Å². The molecule has 1 aliphatic heterocycles. The largest absolute Gasteiger partial charge is 0.490 e. The van der Waals surface area contributed by atoms with E-state index in [1.807, 2.05) is 30.3 Å². The topological polar surface area (TPSA) is 84.9 Å². The SMILES string of the molecule is Cc1ncncc1C(=O)N1CCO[C@@](COc2ccc(F)cc2)(CC(=O)N(C)Cc2ccccc2)C1. The molecule has 0 N–H and O–H groups in total. The van der Waals surface area contributed by atoms with Crippen molar-refractivity contribution < 1.29 is 23.5 Å². The lowest BCUT2D eigenvalue weighted by Gasteiger charge is -2.42. The zero-order valence-electron chi connectivity index (χ0n) is 20.4. The third kappa shape index (κ3) is 6.23. The first-order valence-corrected chi connectivity index (χ1v) is 11.7. The summed E-state index contributed by atoms with van der Waals surface area (Å²) in [4.78, 5) is 38.0. The first-order chi connectivity index (χ1) is 17.3. The molecule has 1 saturated heterocycles. The van der Waals surface area contributed by atoms with Crippen LogP contribution in [0.25, 0.3) is 0 Å². The quantitative estimate of drug-likeness (QED) is 0.480. The fraction of sp³-hybridized carbons (Fsp3) is 0.333. The van der Waals surface area contributed by atoms with Crippen molar-refractivity contribution in [1.82, 2.24) is 19.8 Å². The van der Waals surface area contributed by atoms with Crippen LogP contribution in [0.2, 0.25) is 0 Å². The maximum absolute atomic E-state index is 13.3. The minimum atomic E-state index is -1.09. The van der Waals surface area contributed by atoms with Gasteiger partial charge in [-0.05, 0) is 36.8 Å². The lowest BCUT2D eigenvalue weighted by atomic mass is 9.96. The minimum Gasteiger partial charge on any atom is -0.490 e. The molecule has 36 heavy (non-hydrogen) atoms. The molecule has 0 spiro atoms. The fourth-order valence-corrected chi connectivity index (χ4v) is 4.14. The number of halogens is 1. The number of carbonyl (C=O) groups excluding carboxylic acids is 2. The molecule has 9 heteroatoms. The molecule has 0 saturated carbocycles. The molecular weight excluding hydrogens is 463 g/mol. The van der Waals surface area contributed by atoms with Crippen molar-refractivity contribution in [2.75, 3.05) is 33.4 Å². The van der Waals surface area contributed by atoms with Crippen molar-refractivity contribution in [1.29, 1.82) is 0 Å². The number of nitrogens with zero attached hydrogens (tertiary/aromatic N) is 4. The third-order valence-corrected chi connectivity index (χ3v) is 6.15. The van der Waals surface area contributed by atoms with E-state index in [1.54, 1.807) is 23.8 Å². The molecule has 1 fully saturated rings. The normalized spacial score (nSPS) is 17.5. The van der Waals surface area contributed by atoms with E-state index in [0.717, 1.165) is 5.56 Å². The summed E-state index contributed by atoms with van der Waals surface area (Å²) < 4.78 is 25.4. The first kappa shape index (κ1) is 25.2. The summed E-state index contributed by atoms with van der Waals surface area (Å²) in [5, 5.41) is 0. The average molecular weight is 493 g/mol. The van der Waals surface area contributed by atoms with Crippen LogP contribution in [0.5, 0.6) is 5.75 Å². The number of rotatable bonds is 8. The summed E-state index contributed by atoms with van der Waals surface area (Å²) in [5.41, 5.74) is 0.896. The molecule has 1 aliphatic rings. The van der Waals surface area contributed by atoms with E-state index in [4.69, 9.17) is 9.47 Å². The number of aryl methyl sites for hydroxylation is 1. The summed E-state index contributed by atoms with van der Waals surface area (Å²) >= 11 is 0. The van der Waals surface area contributed by atoms with Gasteiger partial charge in [0, 0.05) is 26.3 Å². The second kappa shape index (κ2) is 11.3. The zero-order valence-corrected chi connectivity index (χ0v) is 20.4. The molecule has 0 bridgehead atoms. The molecule has 2 heterocycles. The summed E-state index contributed by atoms with van der Waals surface area (Å²) in [6.45, 7) is 2.95. The fourth-order valence-electron chi connectivity index (χ4n) is 4.14. The van der Waals surface area contributed by atoms with Crippen LogP contribution in [0.3, 0.4) is 0 Å². The summed E-state index contributed by atoms with van der Waals surface area (Å²) in [5.74, 6) is -0.302. The zero-order chi connectivity index (χ0) is 25.5. The predicted octanol–water partition coefficient (Wildman–Crippen LogP) is 3.26. The Bertz CT molecular complexity index is 1190. The predicted molar refractivity (Wildman–Crippen MR) is 131 cm³/mol. The van der Waals surface area contributed by atoms with E-state index < -0.39 is 5.60 Å². The maximum Gasteiger partial charge on any atom is 0.257 e. The molecule has 2 amide bonds. The van der Waals surface area contributed by atoms with Crippen molar-refractivity contribution in [2.24, 2.45) is 0 Å². The number of morpholine rings is 1. The van der Waals surface area contributed by atoms with Crippen LogP contribution in [0.4, 0.5) is 4.39 Å². The van der Waals surface area contributed by atoms with Gasteiger partial charge >= 0.3 is 0 Å². The number of aromatic nitrogens is 2. The molecule has 3 aromatic rings. The van der Waals surface area contributed by atoms with Crippen LogP contribution < -0.4 is 4.74 Å². The second-order valence-electron chi connectivity index (χ2n) is 8.93. The number of hydrogen-bond donors (Lipinski definition) is 0. The van der Waals surface area contributed by atoms with E-state index in [1.165, 1.54) is 36.8 Å². The van der Waals surface area contributed by atoms with E-state index in [-0.39, 0.29) is 43.8 Å². The number of ether oxygens (including phenoxy) is 2. The van der Waals surface area contributed by atoms with Gasteiger partial charge in [-0.3, -0.25) is 9.59 Å². The Labute approximate surface area is 209 Å². The first-order valence-electron chi connectivity index (χ1n) is 11.7. The highest BCUT2D eigenvalue weighted by Gasteiger charge is 2.42. The minimum absolute atomic E-state index is 0.00554. The standard InChI is InChI=1S/C27H29FN4O4/c1-20-24(15-29-19-30-20)26(34)32-12-13-36-27(17-32,18-35-23-10-8-22(28)9-11-23)14-25(33)31(2)16-21-6-4-3-5-7-21/h3-11,15,19H,12-14,16-18H2,1-2H3/t27-/m0/s1. The molecule has 2 aromatic carbocycles. The lowest BCUT2D eigenvalue weighted by molar-refractivity contribution is -0.152. The Hall–Kier alpha value is -3.85. The number of hydrogen-bond acceptors (Lipinski definition) is 6. The highest BCUT2D eigenvalue weighted by atomic mass is 19.1. The van der Waals surface area contributed by atoms with Crippen LogP contribution in [0.1, 0.15) is 28.0 Å². The van der Waals surface area contributed by atoms with Crippen molar-refractivity contribution >= 4 is 11.8 Å². The monoisotopic (exact) mass is 492 g/mol. The van der Waals surface area contributed by atoms with Crippen LogP contribution in [0.15, 0.2) is 67.1 Å². The van der Waals surface area contributed by atoms with Crippen LogP contribution in [-0.2, 0) is 16.1 Å². The summed E-state index contributed by atoms with van der Waals surface area (Å²) in [6, 6.07) is 15.3. The van der Waals surface area contributed by atoms with Crippen molar-refractivity contribution in [3.05, 3.63) is 89.8 Å². The number of benzene rings is 2. The van der Waals surface area contributed by atoms with Crippen LogP contribution in [-0.4, -0.2) is 70.5 Å². The van der Waals surface area contributed by atoms with E-state index >= 15 is 0 Å². The molecule has 188 valence electrons. The average Bonchev–Trinajstić information content (AvgIpc) is 2.89. The number of amides is 2. The van der Waals surface area contributed by atoms with E-state index in [2.05, 4.69) is 9.97 Å². The third-order valence-electron chi connectivity index (χ3n) is 6.15.